The first kappa shape index (κ1) is 12.8. The molecule has 0 radical (unpaired) electrons. The largest absolute Gasteiger partial charge is 0.493 e. The normalized spacial score (nSPS) is 10.6. The first-order valence-corrected chi connectivity index (χ1v) is 6.49. The van der Waals surface area contributed by atoms with E-state index in [1.807, 2.05) is 19.1 Å². The van der Waals surface area contributed by atoms with Gasteiger partial charge in [-0.1, -0.05) is 41.1 Å². The van der Waals surface area contributed by atoms with Gasteiger partial charge in [-0.05, 0) is 12.5 Å². The van der Waals surface area contributed by atoms with Gasteiger partial charge in [0.2, 0.25) is 5.88 Å². The Balaban J connectivity index is 2.60. The number of benzene rings is 1. The van der Waals surface area contributed by atoms with Gasteiger partial charge < -0.3 is 10.1 Å². The van der Waals surface area contributed by atoms with Crippen molar-refractivity contribution in [3.8, 4) is 17.0 Å². The van der Waals surface area contributed by atoms with Gasteiger partial charge in [0.05, 0.1) is 0 Å². The number of hydrogen-bond acceptors (Lipinski definition) is 3. The van der Waals surface area contributed by atoms with Crippen molar-refractivity contribution in [3.05, 3.63) is 44.9 Å². The van der Waals surface area contributed by atoms with E-state index in [0.717, 1.165) is 10.9 Å². The molecule has 94 valence electrons. The summed E-state index contributed by atoms with van der Waals surface area (Å²) in [7, 11) is 0. The Kier molecular flexibility index (Phi) is 3.81. The van der Waals surface area contributed by atoms with E-state index in [9.17, 15) is 9.90 Å². The quantitative estimate of drug-likeness (QED) is 0.916. The van der Waals surface area contributed by atoms with Gasteiger partial charge in [0.25, 0.3) is 5.56 Å². The molecule has 2 N–H and O–H groups in total. The molecule has 2 rings (SSSR count). The minimum Gasteiger partial charge on any atom is -0.493 e. The van der Waals surface area contributed by atoms with E-state index in [1.54, 1.807) is 12.1 Å². The number of aromatic hydroxyl groups is 1. The lowest BCUT2D eigenvalue weighted by Gasteiger charge is -2.07. The fourth-order valence-electron chi connectivity index (χ4n) is 1.77. The number of nitrogens with one attached hydrogen (secondary N) is 1. The van der Waals surface area contributed by atoms with Crippen molar-refractivity contribution in [1.82, 2.24) is 9.97 Å². The number of aromatic nitrogens is 2. The Hall–Kier alpha value is -1.62. The van der Waals surface area contributed by atoms with Gasteiger partial charge in [0.1, 0.15) is 11.4 Å². The van der Waals surface area contributed by atoms with Crippen LogP contribution < -0.4 is 5.56 Å². The van der Waals surface area contributed by atoms with Crippen LogP contribution in [0.15, 0.2) is 33.5 Å². The van der Waals surface area contributed by atoms with Crippen LogP contribution in [0.2, 0.25) is 0 Å². The third kappa shape index (κ3) is 2.46. The number of aromatic amines is 1. The maximum atomic E-state index is 12.0. The van der Waals surface area contributed by atoms with Crippen molar-refractivity contribution in [2.75, 3.05) is 0 Å². The molecule has 4 nitrogen and oxygen atoms in total. The van der Waals surface area contributed by atoms with E-state index in [0.29, 0.717) is 17.8 Å². The van der Waals surface area contributed by atoms with Gasteiger partial charge >= 0.3 is 0 Å². The third-order valence-electron chi connectivity index (χ3n) is 2.58. The fraction of sp³-hybridized carbons (Fsp3) is 0.231. The summed E-state index contributed by atoms with van der Waals surface area (Å²) in [6, 6.07) is 7.22. The summed E-state index contributed by atoms with van der Waals surface area (Å²) in [6.45, 7) is 1.98. The molecule has 1 aromatic carbocycles. The van der Waals surface area contributed by atoms with E-state index < -0.39 is 0 Å². The molecule has 0 saturated heterocycles. The highest BCUT2D eigenvalue weighted by Crippen LogP contribution is 2.30. The zero-order valence-corrected chi connectivity index (χ0v) is 11.5. The smallest absolute Gasteiger partial charge is 0.262 e. The topological polar surface area (TPSA) is 66.0 Å². The van der Waals surface area contributed by atoms with Crippen LogP contribution in [-0.2, 0) is 6.42 Å². The Morgan fingerprint density at radius 3 is 2.72 bits per heavy atom. The van der Waals surface area contributed by atoms with E-state index in [1.165, 1.54) is 0 Å². The molecule has 0 saturated carbocycles. The van der Waals surface area contributed by atoms with E-state index in [2.05, 4.69) is 25.9 Å². The standard InChI is InChI=1S/C13H13BrN2O2/c1-2-5-10-15-12(17)11(13(18)16-10)8-6-3-4-7-9(8)14/h3-4,6-7H,2,5H2,1H3,(H2,15,16,17,18). The minimum absolute atomic E-state index is 0.197. The molecular weight excluding hydrogens is 296 g/mol. The van der Waals surface area contributed by atoms with Gasteiger partial charge in [0.15, 0.2) is 0 Å². The lowest BCUT2D eigenvalue weighted by molar-refractivity contribution is 0.449. The van der Waals surface area contributed by atoms with Gasteiger partial charge in [0, 0.05) is 16.5 Å². The predicted octanol–water partition coefficient (Wildman–Crippen LogP) is 2.86. The molecule has 2 aromatic rings. The highest BCUT2D eigenvalue weighted by Gasteiger charge is 2.14. The molecule has 0 aliphatic rings. The molecule has 0 amide bonds. The van der Waals surface area contributed by atoms with Gasteiger partial charge in [-0.25, -0.2) is 0 Å². The minimum atomic E-state index is -0.321. The predicted molar refractivity (Wildman–Crippen MR) is 73.7 cm³/mol. The Labute approximate surface area is 113 Å². The molecule has 0 bridgehead atoms. The Morgan fingerprint density at radius 2 is 2.11 bits per heavy atom. The average molecular weight is 309 g/mol. The maximum Gasteiger partial charge on any atom is 0.262 e. The molecule has 0 spiro atoms. The van der Waals surface area contributed by atoms with Crippen molar-refractivity contribution < 1.29 is 5.11 Å². The SMILES string of the molecule is CCCc1nc(O)c(-c2ccccc2Br)c(=O)[nH]1. The second-order valence-electron chi connectivity index (χ2n) is 3.94. The average Bonchev–Trinajstić information content (AvgIpc) is 2.31. The van der Waals surface area contributed by atoms with Crippen LogP contribution in [0, 0.1) is 0 Å². The molecule has 0 aliphatic carbocycles. The van der Waals surface area contributed by atoms with Crippen LogP contribution in [0.25, 0.3) is 11.1 Å². The second-order valence-corrected chi connectivity index (χ2v) is 4.80. The summed E-state index contributed by atoms with van der Waals surface area (Å²) < 4.78 is 0.746. The molecular formula is C13H13BrN2O2. The Morgan fingerprint density at radius 1 is 1.39 bits per heavy atom. The van der Waals surface area contributed by atoms with Crippen molar-refractivity contribution in [1.29, 1.82) is 0 Å². The van der Waals surface area contributed by atoms with Crippen LogP contribution in [0.1, 0.15) is 19.2 Å². The summed E-state index contributed by atoms with van der Waals surface area (Å²) in [6.07, 6.45) is 1.50. The molecule has 1 aromatic heterocycles. The van der Waals surface area contributed by atoms with Crippen LogP contribution in [-0.4, -0.2) is 15.1 Å². The number of aryl methyl sites for hydroxylation is 1. The lowest BCUT2D eigenvalue weighted by atomic mass is 10.1. The van der Waals surface area contributed by atoms with Crippen LogP contribution in [0.4, 0.5) is 0 Å². The van der Waals surface area contributed by atoms with Crippen LogP contribution in [0.5, 0.6) is 5.88 Å². The van der Waals surface area contributed by atoms with Crippen molar-refractivity contribution in [2.45, 2.75) is 19.8 Å². The molecule has 0 atom stereocenters. The zero-order valence-electron chi connectivity index (χ0n) is 9.90. The van der Waals surface area contributed by atoms with Crippen molar-refractivity contribution in [2.24, 2.45) is 0 Å². The van der Waals surface area contributed by atoms with Crippen molar-refractivity contribution in [3.63, 3.8) is 0 Å². The molecule has 5 heteroatoms. The molecule has 0 unspecified atom stereocenters. The van der Waals surface area contributed by atoms with Crippen molar-refractivity contribution >= 4 is 15.9 Å². The number of nitrogens with zero attached hydrogens (tertiary/aromatic N) is 1. The number of H-pyrrole nitrogens is 1. The summed E-state index contributed by atoms with van der Waals surface area (Å²) in [5, 5.41) is 9.92. The number of halogens is 1. The monoisotopic (exact) mass is 308 g/mol. The highest BCUT2D eigenvalue weighted by atomic mass is 79.9. The number of hydrogen-bond donors (Lipinski definition) is 2. The summed E-state index contributed by atoms with van der Waals surface area (Å²) in [5.41, 5.74) is 0.506. The lowest BCUT2D eigenvalue weighted by Crippen LogP contribution is -2.14. The molecule has 0 fully saturated rings. The summed E-state index contributed by atoms with van der Waals surface area (Å²) >= 11 is 3.36. The third-order valence-corrected chi connectivity index (χ3v) is 3.27. The number of rotatable bonds is 3. The zero-order chi connectivity index (χ0) is 13.1. The van der Waals surface area contributed by atoms with E-state index in [4.69, 9.17) is 0 Å². The molecule has 1 heterocycles. The fourth-order valence-corrected chi connectivity index (χ4v) is 2.25. The molecule has 18 heavy (non-hydrogen) atoms. The Bertz CT molecular complexity index is 623. The molecule has 0 aliphatic heterocycles. The first-order chi connectivity index (χ1) is 8.63. The summed E-state index contributed by atoms with van der Waals surface area (Å²) in [4.78, 5) is 18.7. The van der Waals surface area contributed by atoms with Crippen LogP contribution >= 0.6 is 15.9 Å². The van der Waals surface area contributed by atoms with Gasteiger partial charge in [-0.3, -0.25) is 4.79 Å². The van der Waals surface area contributed by atoms with Gasteiger partial charge in [-0.2, -0.15) is 4.98 Å². The van der Waals surface area contributed by atoms with Crippen LogP contribution in [0.3, 0.4) is 0 Å². The second kappa shape index (κ2) is 5.35. The maximum absolute atomic E-state index is 12.0. The van der Waals surface area contributed by atoms with Gasteiger partial charge in [-0.15, -0.1) is 0 Å². The van der Waals surface area contributed by atoms with E-state index in [-0.39, 0.29) is 17.0 Å². The summed E-state index contributed by atoms with van der Waals surface area (Å²) in [5.74, 6) is 0.282. The highest BCUT2D eigenvalue weighted by molar-refractivity contribution is 9.10. The van der Waals surface area contributed by atoms with E-state index >= 15 is 0 Å². The first-order valence-electron chi connectivity index (χ1n) is 5.70.